The Labute approximate surface area is 142 Å². The number of hydrazone groups is 1. The zero-order chi connectivity index (χ0) is 17.4. The molecule has 0 aliphatic rings. The average Bonchev–Trinajstić information content (AvgIpc) is 2.55. The molecular formula is C19H24FN3O. The number of amides is 1. The van der Waals surface area contributed by atoms with Crippen molar-refractivity contribution in [2.24, 2.45) is 5.10 Å². The van der Waals surface area contributed by atoms with E-state index in [0.717, 1.165) is 30.2 Å². The van der Waals surface area contributed by atoms with Crippen LogP contribution in [0.15, 0.2) is 29.4 Å². The van der Waals surface area contributed by atoms with E-state index in [2.05, 4.69) is 22.4 Å². The molecule has 1 heterocycles. The lowest BCUT2D eigenvalue weighted by molar-refractivity contribution is -0.121. The number of carbonyl (C=O) groups is 1. The first kappa shape index (κ1) is 18.0. The Bertz CT molecular complexity index is 728. The summed E-state index contributed by atoms with van der Waals surface area (Å²) >= 11 is 0. The molecule has 0 aliphatic heterocycles. The number of nitrogens with zero attached hydrogens (tertiary/aromatic N) is 2. The smallest absolute Gasteiger partial charge is 0.240 e. The molecule has 0 radical (unpaired) electrons. The van der Waals surface area contributed by atoms with E-state index in [1.165, 1.54) is 19.1 Å². The Morgan fingerprint density at radius 3 is 2.83 bits per heavy atom. The van der Waals surface area contributed by atoms with Gasteiger partial charge in [-0.2, -0.15) is 9.49 Å². The first-order valence-electron chi connectivity index (χ1n) is 8.49. The maximum absolute atomic E-state index is 14.0. The number of aryl methyl sites for hydroxylation is 1. The summed E-state index contributed by atoms with van der Waals surface area (Å²) in [6, 6.07) is 7.30. The van der Waals surface area contributed by atoms with Gasteiger partial charge in [0.2, 0.25) is 11.9 Å². The molecule has 1 amide bonds. The second-order valence-corrected chi connectivity index (χ2v) is 6.02. The zero-order valence-corrected chi connectivity index (χ0v) is 14.3. The minimum absolute atomic E-state index is 0.146. The third-order valence-electron chi connectivity index (χ3n) is 3.85. The minimum atomic E-state index is -0.594. The van der Waals surface area contributed by atoms with Crippen LogP contribution in [0.3, 0.4) is 0 Å². The van der Waals surface area contributed by atoms with Gasteiger partial charge in [0.05, 0.1) is 17.3 Å². The van der Waals surface area contributed by atoms with E-state index < -0.39 is 5.95 Å². The molecule has 24 heavy (non-hydrogen) atoms. The third-order valence-corrected chi connectivity index (χ3v) is 3.85. The van der Waals surface area contributed by atoms with Crippen LogP contribution in [0.5, 0.6) is 0 Å². The number of benzene rings is 1. The highest BCUT2D eigenvalue weighted by molar-refractivity contribution is 5.89. The fourth-order valence-corrected chi connectivity index (χ4v) is 2.50. The molecule has 0 bridgehead atoms. The Hall–Kier alpha value is -2.30. The van der Waals surface area contributed by atoms with Crippen molar-refractivity contribution in [2.45, 2.75) is 52.4 Å². The molecule has 1 aromatic carbocycles. The van der Waals surface area contributed by atoms with Crippen LogP contribution in [0.4, 0.5) is 4.39 Å². The van der Waals surface area contributed by atoms with E-state index >= 15 is 0 Å². The highest BCUT2D eigenvalue weighted by atomic mass is 19.1. The Balaban J connectivity index is 1.90. The number of hydrogen-bond donors (Lipinski definition) is 1. The summed E-state index contributed by atoms with van der Waals surface area (Å²) in [5.41, 5.74) is 4.39. The van der Waals surface area contributed by atoms with Crippen molar-refractivity contribution in [3.63, 3.8) is 0 Å². The molecule has 5 heteroatoms. The largest absolute Gasteiger partial charge is 0.273 e. The number of nitrogens with one attached hydrogen (secondary N) is 1. The fraction of sp³-hybridized carbons (Fsp3) is 0.421. The van der Waals surface area contributed by atoms with E-state index in [1.54, 1.807) is 12.1 Å². The number of hydrogen-bond acceptors (Lipinski definition) is 3. The summed E-state index contributed by atoms with van der Waals surface area (Å²) in [6.07, 6.45) is 7.19. The third kappa shape index (κ3) is 5.41. The molecular weight excluding hydrogens is 305 g/mol. The maximum Gasteiger partial charge on any atom is 0.240 e. The van der Waals surface area contributed by atoms with Crippen molar-refractivity contribution in [1.82, 2.24) is 10.4 Å². The molecule has 0 atom stereocenters. The molecule has 0 spiro atoms. The molecule has 1 aromatic heterocycles. The number of aromatic nitrogens is 1. The van der Waals surface area contributed by atoms with Crippen molar-refractivity contribution in [3.8, 4) is 0 Å². The number of rotatable bonds is 8. The van der Waals surface area contributed by atoms with Crippen LogP contribution in [0.2, 0.25) is 0 Å². The van der Waals surface area contributed by atoms with Crippen LogP contribution in [-0.4, -0.2) is 17.1 Å². The zero-order valence-electron chi connectivity index (χ0n) is 14.3. The summed E-state index contributed by atoms with van der Waals surface area (Å²) in [6.45, 7) is 4.13. The fourth-order valence-electron chi connectivity index (χ4n) is 2.50. The molecule has 2 aromatic rings. The molecule has 1 N–H and O–H groups in total. The average molecular weight is 329 g/mol. The second kappa shape index (κ2) is 9.11. The molecule has 0 saturated carbocycles. The monoisotopic (exact) mass is 329 g/mol. The van der Waals surface area contributed by atoms with Crippen molar-refractivity contribution < 1.29 is 9.18 Å². The Morgan fingerprint density at radius 2 is 2.04 bits per heavy atom. The number of unbranched alkanes of at least 4 members (excludes halogenated alkanes) is 4. The number of carbonyl (C=O) groups excluding carboxylic acids is 1. The normalized spacial score (nSPS) is 11.3. The van der Waals surface area contributed by atoms with E-state index in [4.69, 9.17) is 0 Å². The second-order valence-electron chi connectivity index (χ2n) is 6.02. The van der Waals surface area contributed by atoms with Gasteiger partial charge in [0.15, 0.2) is 0 Å². The maximum atomic E-state index is 14.0. The quantitative estimate of drug-likeness (QED) is 0.336. The minimum Gasteiger partial charge on any atom is -0.273 e. The van der Waals surface area contributed by atoms with Crippen LogP contribution >= 0.6 is 0 Å². The summed E-state index contributed by atoms with van der Waals surface area (Å²) < 4.78 is 14.0. The topological polar surface area (TPSA) is 54.4 Å². The molecule has 0 unspecified atom stereocenters. The highest BCUT2D eigenvalue weighted by Crippen LogP contribution is 2.16. The summed E-state index contributed by atoms with van der Waals surface area (Å²) in [5.74, 6) is -0.739. The lowest BCUT2D eigenvalue weighted by Gasteiger charge is -2.03. The molecule has 0 aliphatic carbocycles. The van der Waals surface area contributed by atoms with Gasteiger partial charge in [0.1, 0.15) is 0 Å². The summed E-state index contributed by atoms with van der Waals surface area (Å²) in [5, 5.41) is 4.69. The Kier molecular flexibility index (Phi) is 6.85. The Morgan fingerprint density at radius 1 is 1.25 bits per heavy atom. The van der Waals surface area contributed by atoms with Crippen LogP contribution < -0.4 is 5.43 Å². The predicted molar refractivity (Wildman–Crippen MR) is 95.6 cm³/mol. The number of halogens is 1. The van der Waals surface area contributed by atoms with Crippen molar-refractivity contribution in [1.29, 1.82) is 0 Å². The van der Waals surface area contributed by atoms with Gasteiger partial charge in [-0.25, -0.2) is 10.4 Å². The van der Waals surface area contributed by atoms with Crippen molar-refractivity contribution in [3.05, 3.63) is 41.3 Å². The van der Waals surface area contributed by atoms with Gasteiger partial charge in [-0.05, 0) is 31.5 Å². The molecule has 0 saturated heterocycles. The number of pyridine rings is 1. The van der Waals surface area contributed by atoms with Gasteiger partial charge in [0, 0.05) is 11.8 Å². The molecule has 4 nitrogen and oxygen atoms in total. The van der Waals surface area contributed by atoms with Gasteiger partial charge in [0.25, 0.3) is 0 Å². The SMILES string of the molecule is CCCCCCCC(=O)NN=Cc1cc2cc(C)ccc2nc1F. The number of fused-ring (bicyclic) bond motifs is 1. The van der Waals surface area contributed by atoms with Crippen molar-refractivity contribution in [2.75, 3.05) is 0 Å². The van der Waals surface area contributed by atoms with Crippen LogP contribution in [0.25, 0.3) is 10.9 Å². The lowest BCUT2D eigenvalue weighted by Crippen LogP contribution is -2.17. The standard InChI is InChI=1S/C19H24FN3O/c1-3-4-5-6-7-8-18(24)23-21-13-16-12-15-11-14(2)9-10-17(15)22-19(16)20/h9-13H,3-8H2,1-2H3,(H,23,24). The highest BCUT2D eigenvalue weighted by Gasteiger charge is 2.05. The van der Waals surface area contributed by atoms with Crippen LogP contribution in [-0.2, 0) is 4.79 Å². The van der Waals surface area contributed by atoms with E-state index in [0.29, 0.717) is 11.9 Å². The van der Waals surface area contributed by atoms with Crippen molar-refractivity contribution >= 4 is 23.0 Å². The molecule has 0 fully saturated rings. The summed E-state index contributed by atoms with van der Waals surface area (Å²) in [7, 11) is 0. The molecule has 128 valence electrons. The van der Waals surface area contributed by atoms with E-state index in [1.807, 2.05) is 19.1 Å². The molecule has 2 rings (SSSR count). The van der Waals surface area contributed by atoms with E-state index in [9.17, 15) is 9.18 Å². The first-order valence-corrected chi connectivity index (χ1v) is 8.49. The predicted octanol–water partition coefficient (Wildman–Crippen LogP) is 4.49. The summed E-state index contributed by atoms with van der Waals surface area (Å²) in [4.78, 5) is 15.6. The van der Waals surface area contributed by atoms with Crippen LogP contribution in [0, 0.1) is 12.9 Å². The van der Waals surface area contributed by atoms with Gasteiger partial charge in [-0.3, -0.25) is 4.79 Å². The van der Waals surface area contributed by atoms with Gasteiger partial charge >= 0.3 is 0 Å². The van der Waals surface area contributed by atoms with E-state index in [-0.39, 0.29) is 11.5 Å². The first-order chi connectivity index (χ1) is 11.6. The van der Waals surface area contributed by atoms with Crippen LogP contribution in [0.1, 0.15) is 56.6 Å². The van der Waals surface area contributed by atoms with Gasteiger partial charge in [-0.15, -0.1) is 0 Å². The van der Waals surface area contributed by atoms with Gasteiger partial charge < -0.3 is 0 Å². The lowest BCUT2D eigenvalue weighted by atomic mass is 10.1. The van der Waals surface area contributed by atoms with Gasteiger partial charge in [-0.1, -0.05) is 44.2 Å².